The number of benzene rings is 2. The maximum atomic E-state index is 10.4. The van der Waals surface area contributed by atoms with Gasteiger partial charge in [0.1, 0.15) is 12.4 Å². The zero-order chi connectivity index (χ0) is 17.5. The first-order valence-corrected chi connectivity index (χ1v) is 9.08. The molecular weight excluding hydrogens is 312 g/mol. The van der Waals surface area contributed by atoms with Gasteiger partial charge in [0.15, 0.2) is 0 Å². The topological polar surface area (TPSA) is 35.9 Å². The zero-order valence-electron chi connectivity index (χ0n) is 15.0. The van der Waals surface area contributed by atoms with Gasteiger partial charge in [-0.25, -0.2) is 0 Å². The summed E-state index contributed by atoms with van der Waals surface area (Å²) in [6.07, 6.45) is -0.405. The Hall–Kier alpha value is -1.88. The van der Waals surface area contributed by atoms with E-state index in [4.69, 9.17) is 4.74 Å². The number of rotatable bonds is 7. The first-order chi connectivity index (χ1) is 12.2. The third kappa shape index (κ3) is 5.30. The van der Waals surface area contributed by atoms with Crippen LogP contribution in [0.2, 0.25) is 0 Å². The normalized spacial score (nSPS) is 17.4. The Balaban J connectivity index is 1.37. The van der Waals surface area contributed by atoms with Crippen LogP contribution in [0, 0.1) is 6.92 Å². The van der Waals surface area contributed by atoms with E-state index in [-0.39, 0.29) is 0 Å². The summed E-state index contributed by atoms with van der Waals surface area (Å²) in [5.74, 6) is 0.979. The van der Waals surface area contributed by atoms with E-state index in [0.717, 1.165) is 50.6 Å². The predicted molar refractivity (Wildman–Crippen MR) is 101 cm³/mol. The second-order valence-corrected chi connectivity index (χ2v) is 6.68. The lowest BCUT2D eigenvalue weighted by atomic mass is 10.1. The van der Waals surface area contributed by atoms with Crippen LogP contribution in [0.3, 0.4) is 0 Å². The summed E-state index contributed by atoms with van der Waals surface area (Å²) in [6, 6.07) is 18.1. The number of ether oxygens (including phenoxy) is 1. The molecule has 0 bridgehead atoms. The number of β-amino-alcohol motifs (C(OH)–C–C–N with tert-alkyl or cyclic N) is 1. The van der Waals surface area contributed by atoms with Crippen molar-refractivity contribution in [1.29, 1.82) is 0 Å². The Morgan fingerprint density at radius 3 is 2.28 bits per heavy atom. The highest BCUT2D eigenvalue weighted by atomic mass is 16.5. The second kappa shape index (κ2) is 8.99. The van der Waals surface area contributed by atoms with Gasteiger partial charge in [-0.3, -0.25) is 9.80 Å². The van der Waals surface area contributed by atoms with Crippen LogP contribution in [-0.4, -0.2) is 60.8 Å². The van der Waals surface area contributed by atoms with Crippen molar-refractivity contribution in [1.82, 2.24) is 9.80 Å². The second-order valence-electron chi connectivity index (χ2n) is 6.68. The maximum absolute atomic E-state index is 10.4. The lowest BCUT2D eigenvalue weighted by molar-refractivity contribution is 0.0676. The molecule has 1 N–H and O–H groups in total. The van der Waals surface area contributed by atoms with Crippen LogP contribution in [0.1, 0.15) is 17.2 Å². The van der Waals surface area contributed by atoms with Crippen LogP contribution in [0.15, 0.2) is 54.6 Å². The molecule has 0 unspecified atom stereocenters. The summed E-state index contributed by atoms with van der Waals surface area (Å²) < 4.78 is 5.89. The fourth-order valence-electron chi connectivity index (χ4n) is 3.22. The highest BCUT2D eigenvalue weighted by Crippen LogP contribution is 2.17. The Morgan fingerprint density at radius 1 is 0.920 bits per heavy atom. The van der Waals surface area contributed by atoms with Crippen molar-refractivity contribution in [3.05, 3.63) is 65.7 Å². The van der Waals surface area contributed by atoms with Gasteiger partial charge in [-0.1, -0.05) is 48.5 Å². The predicted octanol–water partition coefficient (Wildman–Crippen LogP) is 2.73. The number of aryl methyl sites for hydroxylation is 1. The van der Waals surface area contributed by atoms with Gasteiger partial charge in [0.25, 0.3) is 0 Å². The summed E-state index contributed by atoms with van der Waals surface area (Å²) in [4.78, 5) is 4.78. The molecule has 1 heterocycles. The molecule has 0 aliphatic carbocycles. The molecule has 2 aromatic rings. The number of nitrogens with zero attached hydrogens (tertiary/aromatic N) is 2. The molecule has 1 aliphatic heterocycles. The smallest absolute Gasteiger partial charge is 0.122 e. The van der Waals surface area contributed by atoms with Crippen molar-refractivity contribution in [3.8, 4) is 5.75 Å². The molecule has 1 aliphatic rings. The number of para-hydroxylation sites is 1. The highest BCUT2D eigenvalue weighted by molar-refractivity contribution is 5.31. The first-order valence-electron chi connectivity index (χ1n) is 9.08. The van der Waals surface area contributed by atoms with Crippen LogP contribution in [0.5, 0.6) is 5.75 Å². The largest absolute Gasteiger partial charge is 0.492 e. The zero-order valence-corrected chi connectivity index (χ0v) is 15.0. The standard InChI is InChI=1S/C21H28N2O2/c1-18-7-5-6-10-21(18)25-16-15-22-11-13-23(14-12-22)17-20(24)19-8-3-2-4-9-19/h2-10,20,24H,11-17H2,1H3/t20-/m1/s1. The van der Waals surface area contributed by atoms with E-state index in [9.17, 15) is 5.11 Å². The minimum absolute atomic E-state index is 0.405. The van der Waals surface area contributed by atoms with E-state index in [2.05, 4.69) is 22.8 Å². The molecule has 0 saturated carbocycles. The Bertz CT molecular complexity index is 639. The van der Waals surface area contributed by atoms with Gasteiger partial charge in [0.2, 0.25) is 0 Å². The summed E-state index contributed by atoms with van der Waals surface area (Å²) in [6.45, 7) is 8.49. The van der Waals surface area contributed by atoms with Crippen molar-refractivity contribution in [2.75, 3.05) is 45.9 Å². The third-order valence-corrected chi connectivity index (χ3v) is 4.84. The lowest BCUT2D eigenvalue weighted by Gasteiger charge is -2.35. The minimum atomic E-state index is -0.405. The fraction of sp³-hybridized carbons (Fsp3) is 0.429. The summed E-state index contributed by atoms with van der Waals surface area (Å²) in [5, 5.41) is 10.4. The summed E-state index contributed by atoms with van der Waals surface area (Å²) in [5.41, 5.74) is 2.18. The van der Waals surface area contributed by atoms with Crippen LogP contribution < -0.4 is 4.74 Å². The number of hydrogen-bond acceptors (Lipinski definition) is 4. The molecule has 134 valence electrons. The molecule has 0 spiro atoms. The van der Waals surface area contributed by atoms with E-state index in [1.807, 2.05) is 48.5 Å². The molecule has 0 amide bonds. The van der Waals surface area contributed by atoms with Gasteiger partial charge in [-0.15, -0.1) is 0 Å². The maximum Gasteiger partial charge on any atom is 0.122 e. The molecule has 0 aromatic heterocycles. The molecule has 1 fully saturated rings. The lowest BCUT2D eigenvalue weighted by Crippen LogP contribution is -2.48. The highest BCUT2D eigenvalue weighted by Gasteiger charge is 2.19. The quantitative estimate of drug-likeness (QED) is 0.841. The van der Waals surface area contributed by atoms with Crippen molar-refractivity contribution < 1.29 is 9.84 Å². The monoisotopic (exact) mass is 340 g/mol. The van der Waals surface area contributed by atoms with Gasteiger partial charge in [-0.05, 0) is 24.1 Å². The number of aliphatic hydroxyl groups is 1. The minimum Gasteiger partial charge on any atom is -0.492 e. The molecule has 4 nitrogen and oxygen atoms in total. The Labute approximate surface area is 150 Å². The van der Waals surface area contributed by atoms with Gasteiger partial charge >= 0.3 is 0 Å². The fourth-order valence-corrected chi connectivity index (χ4v) is 3.22. The van der Waals surface area contributed by atoms with Crippen LogP contribution in [-0.2, 0) is 0 Å². The molecule has 1 saturated heterocycles. The molecular formula is C21H28N2O2. The van der Waals surface area contributed by atoms with Crippen molar-refractivity contribution >= 4 is 0 Å². The van der Waals surface area contributed by atoms with Crippen LogP contribution in [0.4, 0.5) is 0 Å². The van der Waals surface area contributed by atoms with Crippen molar-refractivity contribution in [3.63, 3.8) is 0 Å². The van der Waals surface area contributed by atoms with Crippen molar-refractivity contribution in [2.45, 2.75) is 13.0 Å². The number of hydrogen-bond donors (Lipinski definition) is 1. The SMILES string of the molecule is Cc1ccccc1OCCN1CCN(C[C@@H](O)c2ccccc2)CC1. The van der Waals surface area contributed by atoms with E-state index in [1.165, 1.54) is 5.56 Å². The van der Waals surface area contributed by atoms with Crippen LogP contribution >= 0.6 is 0 Å². The van der Waals surface area contributed by atoms with Gasteiger partial charge in [-0.2, -0.15) is 0 Å². The van der Waals surface area contributed by atoms with Gasteiger partial charge in [0, 0.05) is 39.3 Å². The molecule has 2 aromatic carbocycles. The first kappa shape index (κ1) is 17.9. The molecule has 4 heteroatoms. The molecule has 1 atom stereocenters. The molecule has 3 rings (SSSR count). The van der Waals surface area contributed by atoms with Gasteiger partial charge in [0.05, 0.1) is 6.10 Å². The van der Waals surface area contributed by atoms with Gasteiger partial charge < -0.3 is 9.84 Å². The van der Waals surface area contributed by atoms with E-state index < -0.39 is 6.10 Å². The average molecular weight is 340 g/mol. The van der Waals surface area contributed by atoms with Crippen molar-refractivity contribution in [2.24, 2.45) is 0 Å². The van der Waals surface area contributed by atoms with E-state index in [0.29, 0.717) is 6.54 Å². The number of piperazine rings is 1. The third-order valence-electron chi connectivity index (χ3n) is 4.84. The van der Waals surface area contributed by atoms with Crippen LogP contribution in [0.25, 0.3) is 0 Å². The Kier molecular flexibility index (Phi) is 6.45. The Morgan fingerprint density at radius 2 is 1.56 bits per heavy atom. The summed E-state index contributed by atoms with van der Waals surface area (Å²) >= 11 is 0. The molecule has 25 heavy (non-hydrogen) atoms. The van der Waals surface area contributed by atoms with E-state index >= 15 is 0 Å². The summed E-state index contributed by atoms with van der Waals surface area (Å²) in [7, 11) is 0. The average Bonchev–Trinajstić information content (AvgIpc) is 2.65. The molecule has 0 radical (unpaired) electrons. The number of aliphatic hydroxyl groups excluding tert-OH is 1. The van der Waals surface area contributed by atoms with E-state index in [1.54, 1.807) is 0 Å².